The lowest BCUT2D eigenvalue weighted by Crippen LogP contribution is -1.78. The van der Waals surface area contributed by atoms with Crippen LogP contribution < -0.4 is 0 Å². The highest BCUT2D eigenvalue weighted by atomic mass is 19.1. The molecule has 0 fully saturated rings. The van der Waals surface area contributed by atoms with Gasteiger partial charge in [0.05, 0.1) is 6.26 Å². The van der Waals surface area contributed by atoms with Crippen molar-refractivity contribution in [2.45, 2.75) is 20.8 Å². The zero-order chi connectivity index (χ0) is 13.1. The second-order valence-corrected chi connectivity index (χ2v) is 3.51. The molecule has 0 N–H and O–H groups in total. The second kappa shape index (κ2) is 9.40. The van der Waals surface area contributed by atoms with Crippen molar-refractivity contribution in [1.82, 2.24) is 0 Å². The van der Waals surface area contributed by atoms with Crippen molar-refractivity contribution < 1.29 is 9.13 Å². The minimum absolute atomic E-state index is 0.298. The predicted octanol–water partition coefficient (Wildman–Crippen LogP) is 4.98. The van der Waals surface area contributed by atoms with Crippen molar-refractivity contribution in [1.29, 1.82) is 0 Å². The van der Waals surface area contributed by atoms with Crippen LogP contribution in [0.1, 0.15) is 20.8 Å². The van der Waals surface area contributed by atoms with Gasteiger partial charge < -0.3 is 4.74 Å². The number of halogens is 1. The van der Waals surface area contributed by atoms with E-state index in [1.807, 2.05) is 20.8 Å². The SMILES string of the molecule is C=C/C=C\C(=C/C)O/C=C/C=C(/F)C=C(C)C. The lowest BCUT2D eigenvalue weighted by Gasteiger charge is -1.97. The molecular formula is C15H19FO. The maximum atomic E-state index is 13.1. The van der Waals surface area contributed by atoms with E-state index in [2.05, 4.69) is 6.58 Å². The van der Waals surface area contributed by atoms with Gasteiger partial charge in [-0.2, -0.15) is 0 Å². The van der Waals surface area contributed by atoms with Crippen LogP contribution in [-0.4, -0.2) is 0 Å². The molecule has 0 heterocycles. The number of rotatable bonds is 6. The van der Waals surface area contributed by atoms with Crippen molar-refractivity contribution in [3.8, 4) is 0 Å². The van der Waals surface area contributed by atoms with Crippen LogP contribution in [0.5, 0.6) is 0 Å². The average molecular weight is 234 g/mol. The minimum atomic E-state index is -0.298. The van der Waals surface area contributed by atoms with E-state index in [1.54, 1.807) is 24.3 Å². The summed E-state index contributed by atoms with van der Waals surface area (Å²) in [6.07, 6.45) is 12.7. The molecule has 2 heteroatoms. The molecule has 0 rings (SSSR count). The van der Waals surface area contributed by atoms with Crippen molar-refractivity contribution in [3.05, 3.63) is 72.5 Å². The Morgan fingerprint density at radius 2 is 1.94 bits per heavy atom. The molecule has 0 aliphatic carbocycles. The monoisotopic (exact) mass is 234 g/mol. The topological polar surface area (TPSA) is 9.23 Å². The fourth-order valence-corrected chi connectivity index (χ4v) is 0.939. The predicted molar refractivity (Wildman–Crippen MR) is 71.9 cm³/mol. The van der Waals surface area contributed by atoms with Gasteiger partial charge in [0.1, 0.15) is 11.6 Å². The molecule has 0 aliphatic heterocycles. The Bertz CT molecular complexity index is 378. The molecule has 0 saturated heterocycles. The van der Waals surface area contributed by atoms with E-state index in [0.717, 1.165) is 5.57 Å². The molecular weight excluding hydrogens is 215 g/mol. The van der Waals surface area contributed by atoms with E-state index in [0.29, 0.717) is 5.76 Å². The van der Waals surface area contributed by atoms with Crippen molar-refractivity contribution in [2.75, 3.05) is 0 Å². The van der Waals surface area contributed by atoms with Gasteiger partial charge in [0.25, 0.3) is 0 Å². The Labute approximate surface area is 103 Å². The number of hydrogen-bond acceptors (Lipinski definition) is 1. The van der Waals surface area contributed by atoms with Crippen LogP contribution in [0.3, 0.4) is 0 Å². The summed E-state index contributed by atoms with van der Waals surface area (Å²) in [5, 5.41) is 0. The Hall–Kier alpha value is -1.83. The van der Waals surface area contributed by atoms with Gasteiger partial charge in [-0.15, -0.1) is 0 Å². The first-order valence-corrected chi connectivity index (χ1v) is 5.39. The highest BCUT2D eigenvalue weighted by molar-refractivity contribution is 5.21. The Morgan fingerprint density at radius 1 is 1.24 bits per heavy atom. The van der Waals surface area contributed by atoms with E-state index in [4.69, 9.17) is 4.74 Å². The molecule has 17 heavy (non-hydrogen) atoms. The average Bonchev–Trinajstić information content (AvgIpc) is 2.27. The maximum Gasteiger partial charge on any atom is 0.123 e. The molecule has 0 unspecified atom stereocenters. The maximum absolute atomic E-state index is 13.1. The van der Waals surface area contributed by atoms with Gasteiger partial charge in [-0.25, -0.2) is 4.39 Å². The Balaban J connectivity index is 4.32. The summed E-state index contributed by atoms with van der Waals surface area (Å²) in [4.78, 5) is 0. The third-order valence-corrected chi connectivity index (χ3v) is 1.65. The highest BCUT2D eigenvalue weighted by Crippen LogP contribution is 2.04. The van der Waals surface area contributed by atoms with Crippen LogP contribution in [0.15, 0.2) is 72.5 Å². The van der Waals surface area contributed by atoms with Crippen molar-refractivity contribution >= 4 is 0 Å². The van der Waals surface area contributed by atoms with Crippen molar-refractivity contribution in [2.24, 2.45) is 0 Å². The number of hydrogen-bond donors (Lipinski definition) is 0. The van der Waals surface area contributed by atoms with Gasteiger partial charge in [-0.1, -0.05) is 24.3 Å². The lowest BCUT2D eigenvalue weighted by molar-refractivity contribution is 0.367. The highest BCUT2D eigenvalue weighted by Gasteiger charge is 1.87. The van der Waals surface area contributed by atoms with E-state index in [-0.39, 0.29) is 5.83 Å². The molecule has 92 valence electrons. The summed E-state index contributed by atoms with van der Waals surface area (Å²) in [6, 6.07) is 0. The molecule has 0 bridgehead atoms. The first-order chi connectivity index (χ1) is 8.10. The van der Waals surface area contributed by atoms with Crippen molar-refractivity contribution in [3.63, 3.8) is 0 Å². The Kier molecular flexibility index (Phi) is 8.39. The molecule has 0 atom stereocenters. The first kappa shape index (κ1) is 15.2. The molecule has 0 amide bonds. The third-order valence-electron chi connectivity index (χ3n) is 1.65. The van der Waals surface area contributed by atoms with E-state index >= 15 is 0 Å². The van der Waals surface area contributed by atoms with Crippen LogP contribution >= 0.6 is 0 Å². The van der Waals surface area contributed by atoms with Crippen LogP contribution in [0, 0.1) is 0 Å². The fraction of sp³-hybridized carbons (Fsp3) is 0.200. The van der Waals surface area contributed by atoms with Gasteiger partial charge in [0, 0.05) is 0 Å². The van der Waals surface area contributed by atoms with Crippen LogP contribution in [-0.2, 0) is 4.74 Å². The lowest BCUT2D eigenvalue weighted by atomic mass is 10.3. The zero-order valence-electron chi connectivity index (χ0n) is 10.6. The molecule has 0 aromatic carbocycles. The van der Waals surface area contributed by atoms with Gasteiger partial charge in [0.15, 0.2) is 0 Å². The van der Waals surface area contributed by atoms with Gasteiger partial charge in [0.2, 0.25) is 0 Å². The largest absolute Gasteiger partial charge is 0.465 e. The second-order valence-electron chi connectivity index (χ2n) is 3.51. The number of allylic oxidation sites excluding steroid dienone is 9. The quantitative estimate of drug-likeness (QED) is 0.465. The smallest absolute Gasteiger partial charge is 0.123 e. The van der Waals surface area contributed by atoms with Crippen LogP contribution in [0.2, 0.25) is 0 Å². The molecule has 1 nitrogen and oxygen atoms in total. The van der Waals surface area contributed by atoms with E-state index in [9.17, 15) is 4.39 Å². The molecule has 0 spiro atoms. The summed E-state index contributed by atoms with van der Waals surface area (Å²) in [6.45, 7) is 9.10. The Morgan fingerprint density at radius 3 is 2.47 bits per heavy atom. The summed E-state index contributed by atoms with van der Waals surface area (Å²) >= 11 is 0. The van der Waals surface area contributed by atoms with Gasteiger partial charge in [-0.3, -0.25) is 0 Å². The zero-order valence-corrected chi connectivity index (χ0v) is 10.6. The standard InChI is InChI=1S/C15H19FO/c1-5-7-10-15(6-2)17-11-8-9-14(16)12-13(3)4/h5-12H,1H2,2-4H3/b10-7-,11-8+,14-9+,15-6+. The summed E-state index contributed by atoms with van der Waals surface area (Å²) in [5.74, 6) is 0.380. The normalized spacial score (nSPS) is 13.2. The third kappa shape index (κ3) is 9.12. The van der Waals surface area contributed by atoms with Gasteiger partial charge >= 0.3 is 0 Å². The molecule has 0 saturated carbocycles. The summed E-state index contributed by atoms with van der Waals surface area (Å²) in [7, 11) is 0. The van der Waals surface area contributed by atoms with Crippen LogP contribution in [0.25, 0.3) is 0 Å². The summed E-state index contributed by atoms with van der Waals surface area (Å²) < 4.78 is 18.4. The molecule has 0 aliphatic rings. The number of ether oxygens (including phenoxy) is 1. The summed E-state index contributed by atoms with van der Waals surface area (Å²) in [5.41, 5.74) is 0.913. The van der Waals surface area contributed by atoms with E-state index < -0.39 is 0 Å². The first-order valence-electron chi connectivity index (χ1n) is 5.39. The minimum Gasteiger partial charge on any atom is -0.465 e. The fourth-order valence-electron chi connectivity index (χ4n) is 0.939. The molecule has 0 aromatic rings. The van der Waals surface area contributed by atoms with Crippen LogP contribution in [0.4, 0.5) is 4.39 Å². The van der Waals surface area contributed by atoms with Gasteiger partial charge in [-0.05, 0) is 51.2 Å². The van der Waals surface area contributed by atoms with E-state index in [1.165, 1.54) is 24.5 Å². The molecule has 0 aromatic heterocycles. The molecule has 0 radical (unpaired) electrons.